The number of aryl methyl sites for hydroxylation is 1. The highest BCUT2D eigenvalue weighted by Gasteiger charge is 2.33. The Bertz CT molecular complexity index is 604. The van der Waals surface area contributed by atoms with Gasteiger partial charge in [-0.2, -0.15) is 0 Å². The van der Waals surface area contributed by atoms with Crippen LogP contribution in [0.4, 0.5) is 0 Å². The number of hydrogen-bond acceptors (Lipinski definition) is 3. The molecule has 0 radical (unpaired) electrons. The van der Waals surface area contributed by atoms with Crippen molar-refractivity contribution in [1.82, 2.24) is 10.2 Å². The molecule has 0 spiro atoms. The molecule has 5 heteroatoms. The number of ether oxygens (including phenoxy) is 1. The fraction of sp³-hybridized carbons (Fsp3) is 0.412. The first kappa shape index (κ1) is 15.2. The predicted molar refractivity (Wildman–Crippen MR) is 90.2 cm³/mol. The Kier molecular flexibility index (Phi) is 4.55. The lowest BCUT2D eigenvalue weighted by atomic mass is 10.1. The fourth-order valence-electron chi connectivity index (χ4n) is 2.75. The summed E-state index contributed by atoms with van der Waals surface area (Å²) in [7, 11) is 0. The summed E-state index contributed by atoms with van der Waals surface area (Å²) in [5, 5.41) is 3.49. The molecule has 0 saturated carbocycles. The van der Waals surface area contributed by atoms with Crippen molar-refractivity contribution in [2.45, 2.75) is 32.3 Å². The average molecular weight is 316 g/mol. The summed E-state index contributed by atoms with van der Waals surface area (Å²) in [5.74, 6) is -0.0694. The SMILES string of the molecule is CCc1ccc(/C=C2/NC(=S)N(CC3CCCO3)C2=O)cc1. The molecule has 2 aliphatic rings. The molecule has 1 unspecified atom stereocenters. The van der Waals surface area contributed by atoms with Gasteiger partial charge in [0.1, 0.15) is 5.70 Å². The molecule has 3 rings (SSSR count). The standard InChI is InChI=1S/C17H20N2O2S/c1-2-12-5-7-13(8-6-12)10-15-16(20)19(17(22)18-15)11-14-4-3-9-21-14/h5-8,10,14H,2-4,9,11H2,1H3,(H,18,22)/b15-10+. The number of benzene rings is 1. The van der Waals surface area contributed by atoms with Crippen molar-refractivity contribution in [2.75, 3.05) is 13.2 Å². The highest BCUT2D eigenvalue weighted by molar-refractivity contribution is 7.80. The lowest BCUT2D eigenvalue weighted by Crippen LogP contribution is -2.37. The molecule has 1 N–H and O–H groups in total. The van der Waals surface area contributed by atoms with Crippen LogP contribution >= 0.6 is 12.2 Å². The van der Waals surface area contributed by atoms with Gasteiger partial charge >= 0.3 is 0 Å². The van der Waals surface area contributed by atoms with Crippen LogP contribution in [0, 0.1) is 0 Å². The monoisotopic (exact) mass is 316 g/mol. The molecule has 2 saturated heterocycles. The number of thiocarbonyl (C=S) groups is 1. The normalized spacial score (nSPS) is 23.4. The maximum Gasteiger partial charge on any atom is 0.276 e. The molecule has 1 aromatic rings. The number of hydrogen-bond donors (Lipinski definition) is 1. The summed E-state index contributed by atoms with van der Waals surface area (Å²) >= 11 is 5.28. The number of carbonyl (C=O) groups is 1. The maximum absolute atomic E-state index is 12.5. The van der Waals surface area contributed by atoms with Crippen molar-refractivity contribution in [2.24, 2.45) is 0 Å². The van der Waals surface area contributed by atoms with Crippen molar-refractivity contribution >= 4 is 29.3 Å². The first-order valence-corrected chi connectivity index (χ1v) is 8.13. The van der Waals surface area contributed by atoms with E-state index in [1.165, 1.54) is 5.56 Å². The first-order chi connectivity index (χ1) is 10.7. The van der Waals surface area contributed by atoms with Gasteiger partial charge in [0.25, 0.3) is 5.91 Å². The Morgan fingerprint density at radius 3 is 2.82 bits per heavy atom. The minimum absolute atomic E-state index is 0.0694. The number of carbonyl (C=O) groups excluding carboxylic acids is 1. The Labute approximate surface area is 136 Å². The van der Waals surface area contributed by atoms with Gasteiger partial charge in [0.15, 0.2) is 5.11 Å². The van der Waals surface area contributed by atoms with E-state index in [9.17, 15) is 4.79 Å². The molecular formula is C17H20N2O2S. The van der Waals surface area contributed by atoms with Crippen molar-refractivity contribution in [3.63, 3.8) is 0 Å². The zero-order valence-electron chi connectivity index (χ0n) is 12.7. The summed E-state index contributed by atoms with van der Waals surface area (Å²) < 4.78 is 5.59. The molecule has 116 valence electrons. The Balaban J connectivity index is 1.72. The van der Waals surface area contributed by atoms with Crippen molar-refractivity contribution in [1.29, 1.82) is 0 Å². The van der Waals surface area contributed by atoms with Crippen LogP contribution in [0.25, 0.3) is 6.08 Å². The molecular weight excluding hydrogens is 296 g/mol. The molecule has 1 atom stereocenters. The predicted octanol–water partition coefficient (Wildman–Crippen LogP) is 2.49. The molecule has 2 fully saturated rings. The van der Waals surface area contributed by atoms with E-state index in [0.29, 0.717) is 17.4 Å². The first-order valence-electron chi connectivity index (χ1n) is 7.72. The molecule has 2 heterocycles. The van der Waals surface area contributed by atoms with Gasteiger partial charge in [-0.1, -0.05) is 31.2 Å². The molecule has 22 heavy (non-hydrogen) atoms. The summed E-state index contributed by atoms with van der Waals surface area (Å²) in [6.45, 7) is 3.44. The van der Waals surface area contributed by atoms with E-state index in [1.54, 1.807) is 4.90 Å². The molecule has 0 aliphatic carbocycles. The molecule has 4 nitrogen and oxygen atoms in total. The zero-order chi connectivity index (χ0) is 15.5. The van der Waals surface area contributed by atoms with Crippen LogP contribution in [0.1, 0.15) is 30.9 Å². The maximum atomic E-state index is 12.5. The Morgan fingerprint density at radius 2 is 2.18 bits per heavy atom. The van der Waals surface area contributed by atoms with Gasteiger partial charge in [-0.3, -0.25) is 9.69 Å². The Morgan fingerprint density at radius 1 is 1.41 bits per heavy atom. The number of nitrogens with zero attached hydrogens (tertiary/aromatic N) is 1. The molecule has 0 bridgehead atoms. The van der Waals surface area contributed by atoms with E-state index >= 15 is 0 Å². The van der Waals surface area contributed by atoms with Crippen molar-refractivity contribution in [3.05, 3.63) is 41.1 Å². The molecule has 1 amide bonds. The fourth-order valence-corrected chi connectivity index (χ4v) is 3.01. The summed E-state index contributed by atoms with van der Waals surface area (Å²) in [6.07, 6.45) is 5.01. The summed E-state index contributed by atoms with van der Waals surface area (Å²) in [5.41, 5.74) is 2.81. The second-order valence-corrected chi connectivity index (χ2v) is 6.02. The van der Waals surface area contributed by atoms with Crippen molar-refractivity contribution in [3.8, 4) is 0 Å². The van der Waals surface area contributed by atoms with E-state index in [4.69, 9.17) is 17.0 Å². The van der Waals surface area contributed by atoms with Gasteiger partial charge in [0, 0.05) is 6.61 Å². The van der Waals surface area contributed by atoms with E-state index in [2.05, 4.69) is 24.4 Å². The van der Waals surface area contributed by atoms with Crippen LogP contribution in [0.2, 0.25) is 0 Å². The minimum Gasteiger partial charge on any atom is -0.376 e. The van der Waals surface area contributed by atoms with E-state index in [-0.39, 0.29) is 12.0 Å². The van der Waals surface area contributed by atoms with Gasteiger partial charge in [-0.25, -0.2) is 0 Å². The number of amides is 1. The Hall–Kier alpha value is -1.72. The minimum atomic E-state index is -0.0694. The van der Waals surface area contributed by atoms with Crippen LogP contribution in [0.3, 0.4) is 0 Å². The third kappa shape index (κ3) is 3.20. The highest BCUT2D eigenvalue weighted by atomic mass is 32.1. The highest BCUT2D eigenvalue weighted by Crippen LogP contribution is 2.19. The summed E-state index contributed by atoms with van der Waals surface area (Å²) in [4.78, 5) is 14.1. The smallest absolute Gasteiger partial charge is 0.276 e. The largest absolute Gasteiger partial charge is 0.376 e. The van der Waals surface area contributed by atoms with Gasteiger partial charge in [-0.05, 0) is 48.7 Å². The quantitative estimate of drug-likeness (QED) is 0.684. The van der Waals surface area contributed by atoms with Gasteiger partial charge < -0.3 is 10.1 Å². The lowest BCUT2D eigenvalue weighted by Gasteiger charge is -2.18. The van der Waals surface area contributed by atoms with Crippen LogP contribution in [0.15, 0.2) is 30.0 Å². The van der Waals surface area contributed by atoms with Gasteiger partial charge in [0.2, 0.25) is 0 Å². The lowest BCUT2D eigenvalue weighted by molar-refractivity contribution is -0.123. The van der Waals surface area contributed by atoms with E-state index in [0.717, 1.165) is 31.4 Å². The van der Waals surface area contributed by atoms with Gasteiger partial charge in [-0.15, -0.1) is 0 Å². The van der Waals surface area contributed by atoms with Gasteiger partial charge in [0.05, 0.1) is 12.6 Å². The van der Waals surface area contributed by atoms with Crippen LogP contribution in [-0.4, -0.2) is 35.2 Å². The number of nitrogens with one attached hydrogen (secondary N) is 1. The van der Waals surface area contributed by atoms with Crippen molar-refractivity contribution < 1.29 is 9.53 Å². The van der Waals surface area contributed by atoms with E-state index in [1.807, 2.05) is 18.2 Å². The molecule has 2 aliphatic heterocycles. The topological polar surface area (TPSA) is 41.6 Å². The van der Waals surface area contributed by atoms with Crippen LogP contribution in [-0.2, 0) is 16.0 Å². The zero-order valence-corrected chi connectivity index (χ0v) is 13.5. The number of rotatable bonds is 4. The van der Waals surface area contributed by atoms with Crippen LogP contribution < -0.4 is 5.32 Å². The third-order valence-electron chi connectivity index (χ3n) is 4.07. The second-order valence-electron chi connectivity index (χ2n) is 5.63. The third-order valence-corrected chi connectivity index (χ3v) is 4.39. The molecule has 1 aromatic carbocycles. The second kappa shape index (κ2) is 6.58. The molecule has 0 aromatic heterocycles. The average Bonchev–Trinajstić information content (AvgIpc) is 3.13. The summed E-state index contributed by atoms with van der Waals surface area (Å²) in [6, 6.07) is 8.20. The van der Waals surface area contributed by atoms with E-state index < -0.39 is 0 Å². The van der Waals surface area contributed by atoms with Crippen LogP contribution in [0.5, 0.6) is 0 Å².